The minimum atomic E-state index is -0.326. The van der Waals surface area contributed by atoms with Crippen LogP contribution in [0.5, 0.6) is 0 Å². The number of urea groups is 1. The molecular weight excluding hydrogens is 398 g/mol. The van der Waals surface area contributed by atoms with Gasteiger partial charge in [-0.15, -0.1) is 0 Å². The highest BCUT2D eigenvalue weighted by Crippen LogP contribution is 2.27. The highest BCUT2D eigenvalue weighted by molar-refractivity contribution is 5.99. The maximum atomic E-state index is 12.8. The summed E-state index contributed by atoms with van der Waals surface area (Å²) >= 11 is 0. The molecule has 0 aliphatic carbocycles. The van der Waals surface area contributed by atoms with Crippen LogP contribution in [0.25, 0.3) is 16.8 Å². The van der Waals surface area contributed by atoms with E-state index < -0.39 is 0 Å². The Hall–Kier alpha value is -3.93. The maximum absolute atomic E-state index is 12.8. The summed E-state index contributed by atoms with van der Waals surface area (Å²) in [6.45, 7) is 8.34. The summed E-state index contributed by atoms with van der Waals surface area (Å²) < 4.78 is 1.77. The molecule has 2 amide bonds. The van der Waals surface area contributed by atoms with Crippen molar-refractivity contribution in [2.45, 2.75) is 33.1 Å². The largest absolute Gasteiger partial charge is 0.324 e. The third kappa shape index (κ3) is 4.86. The summed E-state index contributed by atoms with van der Waals surface area (Å²) in [6.07, 6.45) is 3.56. The Kier molecular flexibility index (Phi) is 5.77. The number of nitrogens with zero attached hydrogens (tertiary/aromatic N) is 3. The highest BCUT2D eigenvalue weighted by Gasteiger charge is 2.21. The molecule has 2 aromatic heterocycles. The topological polar surface area (TPSA) is 71.8 Å². The molecule has 0 atom stereocenters. The molecule has 0 fully saturated rings. The number of carbonyl (C=O) groups excluding carboxylic acids is 1. The van der Waals surface area contributed by atoms with Crippen molar-refractivity contribution < 1.29 is 4.79 Å². The van der Waals surface area contributed by atoms with Gasteiger partial charge in [-0.05, 0) is 48.4 Å². The average Bonchev–Trinajstić information content (AvgIpc) is 3.19. The van der Waals surface area contributed by atoms with E-state index in [4.69, 9.17) is 5.10 Å². The van der Waals surface area contributed by atoms with Crippen LogP contribution in [0.4, 0.5) is 16.3 Å². The van der Waals surface area contributed by atoms with Crippen molar-refractivity contribution >= 4 is 17.5 Å². The minimum absolute atomic E-state index is 0.148. The summed E-state index contributed by atoms with van der Waals surface area (Å²) in [4.78, 5) is 16.9. The van der Waals surface area contributed by atoms with E-state index in [1.165, 1.54) is 5.56 Å². The van der Waals surface area contributed by atoms with Crippen LogP contribution in [0.2, 0.25) is 0 Å². The zero-order chi connectivity index (χ0) is 22.7. The molecule has 4 aromatic rings. The molecule has 32 heavy (non-hydrogen) atoms. The van der Waals surface area contributed by atoms with E-state index in [9.17, 15) is 4.79 Å². The van der Waals surface area contributed by atoms with E-state index >= 15 is 0 Å². The lowest BCUT2D eigenvalue weighted by Gasteiger charge is -2.14. The van der Waals surface area contributed by atoms with E-state index in [1.807, 2.05) is 79.9 Å². The number of anilines is 2. The molecule has 2 aromatic carbocycles. The van der Waals surface area contributed by atoms with Crippen molar-refractivity contribution in [3.63, 3.8) is 0 Å². The second-order valence-corrected chi connectivity index (χ2v) is 8.81. The van der Waals surface area contributed by atoms with Crippen molar-refractivity contribution in [2.24, 2.45) is 0 Å². The van der Waals surface area contributed by atoms with Crippen molar-refractivity contribution in [1.82, 2.24) is 14.8 Å². The Bertz CT molecular complexity index is 1200. The van der Waals surface area contributed by atoms with E-state index in [2.05, 4.69) is 36.4 Å². The van der Waals surface area contributed by atoms with E-state index in [0.29, 0.717) is 11.5 Å². The van der Waals surface area contributed by atoms with E-state index in [0.717, 1.165) is 22.5 Å². The van der Waals surface area contributed by atoms with E-state index in [1.54, 1.807) is 10.9 Å². The molecule has 0 saturated carbocycles. The molecule has 0 unspecified atom stereocenters. The van der Waals surface area contributed by atoms with Gasteiger partial charge in [0, 0.05) is 29.6 Å². The molecule has 2 N–H and O–H groups in total. The van der Waals surface area contributed by atoms with Gasteiger partial charge in [-0.2, -0.15) is 5.10 Å². The molecule has 6 nitrogen and oxygen atoms in total. The van der Waals surface area contributed by atoms with Crippen LogP contribution in [0.15, 0.2) is 79.1 Å². The van der Waals surface area contributed by atoms with E-state index in [-0.39, 0.29) is 11.4 Å². The van der Waals surface area contributed by atoms with Gasteiger partial charge < -0.3 is 5.32 Å². The maximum Gasteiger partial charge on any atom is 0.324 e. The van der Waals surface area contributed by atoms with Crippen LogP contribution < -0.4 is 10.6 Å². The standard InChI is InChI=1S/C26H27N5O/c1-18-7-13-22(14-8-18)31-24(16-23(30-31)26(2,3)4)29-25(32)28-21-11-9-19(10-12-21)20-6-5-15-27-17-20/h5-17H,1-4H3,(H2,28,29,32). The Morgan fingerprint density at radius 2 is 1.62 bits per heavy atom. The first-order valence-corrected chi connectivity index (χ1v) is 10.6. The molecule has 0 bridgehead atoms. The number of pyridine rings is 1. The fourth-order valence-electron chi connectivity index (χ4n) is 3.28. The predicted octanol–water partition coefficient (Wildman–Crippen LogP) is 6.18. The van der Waals surface area contributed by atoms with Gasteiger partial charge in [-0.1, -0.05) is 56.7 Å². The number of nitrogens with one attached hydrogen (secondary N) is 2. The van der Waals surface area contributed by atoms with Crippen molar-refractivity contribution in [3.8, 4) is 16.8 Å². The zero-order valence-corrected chi connectivity index (χ0v) is 18.8. The number of aromatic nitrogens is 3. The van der Waals surface area contributed by atoms with Crippen LogP contribution in [0.1, 0.15) is 32.0 Å². The Balaban J connectivity index is 1.53. The van der Waals surface area contributed by atoms with Gasteiger partial charge in [0.1, 0.15) is 5.82 Å². The van der Waals surface area contributed by atoms with Crippen LogP contribution in [0.3, 0.4) is 0 Å². The monoisotopic (exact) mass is 425 g/mol. The number of amides is 2. The molecule has 0 aliphatic heterocycles. The van der Waals surface area contributed by atoms with Gasteiger partial charge in [-0.3, -0.25) is 10.3 Å². The highest BCUT2D eigenvalue weighted by atomic mass is 16.2. The second kappa shape index (κ2) is 8.67. The lowest BCUT2D eigenvalue weighted by Crippen LogP contribution is -2.21. The van der Waals surface area contributed by atoms with Crippen LogP contribution >= 0.6 is 0 Å². The third-order valence-corrected chi connectivity index (χ3v) is 5.14. The summed E-state index contributed by atoms with van der Waals surface area (Å²) in [5, 5.41) is 10.6. The molecule has 0 aliphatic rings. The summed E-state index contributed by atoms with van der Waals surface area (Å²) in [6, 6.07) is 21.2. The first kappa shape index (κ1) is 21.3. The number of aryl methyl sites for hydroxylation is 1. The van der Waals surface area contributed by atoms with Crippen LogP contribution in [0, 0.1) is 6.92 Å². The Labute approximate surface area is 188 Å². The summed E-state index contributed by atoms with van der Waals surface area (Å²) in [5.41, 5.74) is 5.57. The predicted molar refractivity (Wildman–Crippen MR) is 129 cm³/mol. The molecular formula is C26H27N5O. The molecule has 4 rings (SSSR count). The van der Waals surface area contributed by atoms with Gasteiger partial charge in [0.05, 0.1) is 11.4 Å². The normalized spacial score (nSPS) is 11.2. The fourth-order valence-corrected chi connectivity index (χ4v) is 3.28. The van der Waals surface area contributed by atoms with Crippen molar-refractivity contribution in [3.05, 3.63) is 90.4 Å². The summed E-state index contributed by atoms with van der Waals surface area (Å²) in [7, 11) is 0. The molecule has 0 radical (unpaired) electrons. The Morgan fingerprint density at radius 1 is 0.906 bits per heavy atom. The number of carbonyl (C=O) groups is 1. The quantitative estimate of drug-likeness (QED) is 0.410. The molecule has 6 heteroatoms. The number of hydrogen-bond donors (Lipinski definition) is 2. The summed E-state index contributed by atoms with van der Waals surface area (Å²) in [5.74, 6) is 0.614. The smallest absolute Gasteiger partial charge is 0.308 e. The van der Waals surface area contributed by atoms with Crippen LogP contribution in [-0.4, -0.2) is 20.8 Å². The van der Waals surface area contributed by atoms with Gasteiger partial charge >= 0.3 is 6.03 Å². The molecule has 162 valence electrons. The van der Waals surface area contributed by atoms with Crippen molar-refractivity contribution in [1.29, 1.82) is 0 Å². The number of rotatable bonds is 4. The minimum Gasteiger partial charge on any atom is -0.308 e. The molecule has 0 spiro atoms. The Morgan fingerprint density at radius 3 is 2.25 bits per heavy atom. The number of benzene rings is 2. The van der Waals surface area contributed by atoms with Gasteiger partial charge in [-0.25, -0.2) is 9.48 Å². The first-order chi connectivity index (χ1) is 15.3. The average molecular weight is 426 g/mol. The lowest BCUT2D eigenvalue weighted by atomic mass is 9.92. The lowest BCUT2D eigenvalue weighted by molar-refractivity contribution is 0.262. The van der Waals surface area contributed by atoms with Gasteiger partial charge in [0.25, 0.3) is 0 Å². The second-order valence-electron chi connectivity index (χ2n) is 8.81. The third-order valence-electron chi connectivity index (χ3n) is 5.14. The van der Waals surface area contributed by atoms with Crippen molar-refractivity contribution in [2.75, 3.05) is 10.6 Å². The zero-order valence-electron chi connectivity index (χ0n) is 18.8. The SMILES string of the molecule is Cc1ccc(-n2nc(C(C)(C)C)cc2NC(=O)Nc2ccc(-c3cccnc3)cc2)cc1. The molecule has 0 saturated heterocycles. The van der Waals surface area contributed by atoms with Gasteiger partial charge in [0.15, 0.2) is 0 Å². The molecule has 2 heterocycles. The first-order valence-electron chi connectivity index (χ1n) is 10.6. The van der Waals surface area contributed by atoms with Crippen LogP contribution in [-0.2, 0) is 5.41 Å². The van der Waals surface area contributed by atoms with Gasteiger partial charge in [0.2, 0.25) is 0 Å². The fraction of sp³-hybridized carbons (Fsp3) is 0.192. The number of hydrogen-bond acceptors (Lipinski definition) is 3.